The van der Waals surface area contributed by atoms with Crippen LogP contribution in [0.5, 0.6) is 0 Å². The summed E-state index contributed by atoms with van der Waals surface area (Å²) in [7, 11) is 2.07. The lowest BCUT2D eigenvalue weighted by Crippen LogP contribution is -2.34. The highest BCUT2D eigenvalue weighted by molar-refractivity contribution is 7.99. The summed E-state index contributed by atoms with van der Waals surface area (Å²) in [5.74, 6) is 0. The zero-order chi connectivity index (χ0) is 11.2. The van der Waals surface area contributed by atoms with Crippen molar-refractivity contribution >= 4 is 11.8 Å². The zero-order valence-electron chi connectivity index (χ0n) is 9.72. The van der Waals surface area contributed by atoms with E-state index in [9.17, 15) is 0 Å². The molecule has 1 saturated carbocycles. The molecule has 0 aliphatic heterocycles. The summed E-state index contributed by atoms with van der Waals surface area (Å²) < 4.78 is 0. The van der Waals surface area contributed by atoms with E-state index in [1.807, 2.05) is 18.0 Å². The van der Waals surface area contributed by atoms with Crippen LogP contribution in [-0.2, 0) is 0 Å². The minimum Gasteiger partial charge on any atom is -0.316 e. The fourth-order valence-corrected chi connectivity index (χ4v) is 3.52. The Kier molecular flexibility index (Phi) is 4.60. The molecule has 2 unspecified atom stereocenters. The molecule has 1 aromatic heterocycles. The Hall–Kier alpha value is -0.610. The topological polar surface area (TPSA) is 37.8 Å². The van der Waals surface area contributed by atoms with Gasteiger partial charge in [0.05, 0.1) is 6.20 Å². The van der Waals surface area contributed by atoms with Crippen LogP contribution in [0, 0.1) is 0 Å². The van der Waals surface area contributed by atoms with Crippen molar-refractivity contribution in [2.24, 2.45) is 0 Å². The van der Waals surface area contributed by atoms with Crippen molar-refractivity contribution in [1.29, 1.82) is 0 Å². The van der Waals surface area contributed by atoms with Gasteiger partial charge in [-0.05, 0) is 19.9 Å². The first kappa shape index (κ1) is 11.9. The normalized spacial score (nSPS) is 26.3. The molecule has 0 saturated heterocycles. The van der Waals surface area contributed by atoms with E-state index < -0.39 is 0 Å². The van der Waals surface area contributed by atoms with Crippen LogP contribution in [0.15, 0.2) is 23.6 Å². The van der Waals surface area contributed by atoms with Crippen molar-refractivity contribution in [2.75, 3.05) is 7.05 Å². The van der Waals surface area contributed by atoms with Crippen molar-refractivity contribution < 1.29 is 0 Å². The molecule has 4 heteroatoms. The van der Waals surface area contributed by atoms with Crippen molar-refractivity contribution in [2.45, 2.75) is 48.4 Å². The number of hydrogen-bond donors (Lipinski definition) is 1. The van der Waals surface area contributed by atoms with Gasteiger partial charge in [-0.15, -0.1) is 0 Å². The quantitative estimate of drug-likeness (QED) is 0.820. The van der Waals surface area contributed by atoms with Crippen molar-refractivity contribution in [3.63, 3.8) is 0 Å². The molecule has 16 heavy (non-hydrogen) atoms. The van der Waals surface area contributed by atoms with E-state index in [1.165, 1.54) is 32.1 Å². The molecule has 1 aliphatic carbocycles. The molecule has 1 fully saturated rings. The van der Waals surface area contributed by atoms with Gasteiger partial charge in [0.15, 0.2) is 0 Å². The summed E-state index contributed by atoms with van der Waals surface area (Å²) >= 11 is 1.87. The maximum Gasteiger partial charge on any atom is 0.115 e. The van der Waals surface area contributed by atoms with Gasteiger partial charge in [-0.1, -0.05) is 31.0 Å². The first-order chi connectivity index (χ1) is 7.90. The third kappa shape index (κ3) is 3.19. The van der Waals surface area contributed by atoms with Gasteiger partial charge in [0, 0.05) is 23.7 Å². The Morgan fingerprint density at radius 3 is 2.88 bits per heavy atom. The second kappa shape index (κ2) is 6.21. The lowest BCUT2D eigenvalue weighted by molar-refractivity contribution is 0.510. The molecule has 88 valence electrons. The van der Waals surface area contributed by atoms with Gasteiger partial charge in [0.1, 0.15) is 5.03 Å². The predicted octanol–water partition coefficient (Wildman–Crippen LogP) is 2.49. The van der Waals surface area contributed by atoms with Gasteiger partial charge >= 0.3 is 0 Å². The SMILES string of the molecule is CNC1CCCCCC1Sc1cnccn1. The first-order valence-corrected chi connectivity index (χ1v) is 6.88. The minimum atomic E-state index is 0.620. The van der Waals surface area contributed by atoms with Crippen molar-refractivity contribution in [3.05, 3.63) is 18.6 Å². The molecule has 0 bridgehead atoms. The zero-order valence-corrected chi connectivity index (χ0v) is 10.5. The Bertz CT molecular complexity index is 304. The van der Waals surface area contributed by atoms with Crippen LogP contribution in [0.4, 0.5) is 0 Å². The number of nitrogens with zero attached hydrogens (tertiary/aromatic N) is 2. The molecular formula is C12H19N3S. The van der Waals surface area contributed by atoms with Gasteiger partial charge in [0.2, 0.25) is 0 Å². The molecule has 1 aliphatic rings. The Labute approximate surface area is 101 Å². The molecule has 0 spiro atoms. The number of nitrogens with one attached hydrogen (secondary N) is 1. The number of rotatable bonds is 3. The van der Waals surface area contributed by atoms with Gasteiger partial charge in [-0.2, -0.15) is 0 Å². The van der Waals surface area contributed by atoms with Crippen molar-refractivity contribution in [3.8, 4) is 0 Å². The Balaban J connectivity index is 2.00. The maximum absolute atomic E-state index is 4.34. The fraction of sp³-hybridized carbons (Fsp3) is 0.667. The number of aromatic nitrogens is 2. The molecule has 2 rings (SSSR count). The number of hydrogen-bond acceptors (Lipinski definition) is 4. The van der Waals surface area contributed by atoms with Crippen LogP contribution in [0.3, 0.4) is 0 Å². The van der Waals surface area contributed by atoms with Gasteiger partial charge < -0.3 is 5.32 Å². The summed E-state index contributed by atoms with van der Waals surface area (Å²) in [6.45, 7) is 0. The van der Waals surface area contributed by atoms with E-state index >= 15 is 0 Å². The molecule has 0 radical (unpaired) electrons. The van der Waals surface area contributed by atoms with Crippen LogP contribution in [0.25, 0.3) is 0 Å². The summed E-state index contributed by atoms with van der Waals surface area (Å²) in [4.78, 5) is 8.47. The highest BCUT2D eigenvalue weighted by Gasteiger charge is 2.23. The maximum atomic E-state index is 4.34. The Morgan fingerprint density at radius 2 is 2.12 bits per heavy atom. The van der Waals surface area contributed by atoms with E-state index in [1.54, 1.807) is 12.4 Å². The van der Waals surface area contributed by atoms with Crippen molar-refractivity contribution in [1.82, 2.24) is 15.3 Å². The number of thioether (sulfide) groups is 1. The average molecular weight is 237 g/mol. The third-order valence-electron chi connectivity index (χ3n) is 3.13. The summed E-state index contributed by atoms with van der Waals surface area (Å²) in [5.41, 5.74) is 0. The van der Waals surface area contributed by atoms with Crippen LogP contribution < -0.4 is 5.32 Å². The smallest absolute Gasteiger partial charge is 0.115 e. The van der Waals surface area contributed by atoms with Gasteiger partial charge in [-0.3, -0.25) is 4.98 Å². The minimum absolute atomic E-state index is 0.620. The summed E-state index contributed by atoms with van der Waals surface area (Å²) in [6, 6.07) is 0.620. The van der Waals surface area contributed by atoms with Crippen LogP contribution in [0.2, 0.25) is 0 Å². The lowest BCUT2D eigenvalue weighted by atomic mass is 10.1. The highest BCUT2D eigenvalue weighted by atomic mass is 32.2. The molecule has 1 heterocycles. The summed E-state index contributed by atoms with van der Waals surface area (Å²) in [6.07, 6.45) is 12.0. The molecule has 0 aromatic carbocycles. The fourth-order valence-electron chi connectivity index (χ4n) is 2.25. The highest BCUT2D eigenvalue weighted by Crippen LogP contribution is 2.31. The molecular weight excluding hydrogens is 218 g/mol. The second-order valence-electron chi connectivity index (χ2n) is 4.23. The van der Waals surface area contributed by atoms with E-state index in [4.69, 9.17) is 0 Å². The average Bonchev–Trinajstić information content (AvgIpc) is 2.55. The van der Waals surface area contributed by atoms with E-state index in [-0.39, 0.29) is 0 Å². The predicted molar refractivity (Wildman–Crippen MR) is 67.6 cm³/mol. The summed E-state index contributed by atoms with van der Waals surface area (Å²) in [5, 5.41) is 5.14. The second-order valence-corrected chi connectivity index (χ2v) is 5.49. The monoisotopic (exact) mass is 237 g/mol. The first-order valence-electron chi connectivity index (χ1n) is 6.00. The van der Waals surface area contributed by atoms with Crippen LogP contribution in [0.1, 0.15) is 32.1 Å². The molecule has 0 amide bonds. The molecule has 2 atom stereocenters. The van der Waals surface area contributed by atoms with Gasteiger partial charge in [0.25, 0.3) is 0 Å². The van der Waals surface area contributed by atoms with Crippen LogP contribution in [-0.4, -0.2) is 28.3 Å². The molecule has 3 nitrogen and oxygen atoms in total. The molecule has 1 N–H and O–H groups in total. The lowest BCUT2D eigenvalue weighted by Gasteiger charge is -2.23. The molecule has 1 aromatic rings. The van der Waals surface area contributed by atoms with Gasteiger partial charge in [-0.25, -0.2) is 4.98 Å². The van der Waals surface area contributed by atoms with E-state index in [2.05, 4.69) is 22.3 Å². The van der Waals surface area contributed by atoms with E-state index in [0.29, 0.717) is 11.3 Å². The largest absolute Gasteiger partial charge is 0.316 e. The Morgan fingerprint density at radius 1 is 1.25 bits per heavy atom. The van der Waals surface area contributed by atoms with Crippen LogP contribution >= 0.6 is 11.8 Å². The standard InChI is InChI=1S/C12H19N3S/c1-13-10-5-3-2-4-6-11(10)16-12-9-14-7-8-15-12/h7-11,13H,2-6H2,1H3. The van der Waals surface area contributed by atoms with E-state index in [0.717, 1.165) is 5.03 Å². The third-order valence-corrected chi connectivity index (χ3v) is 4.45.